The van der Waals surface area contributed by atoms with Gasteiger partial charge in [0.2, 0.25) is 10.0 Å². The second kappa shape index (κ2) is 7.98. The summed E-state index contributed by atoms with van der Waals surface area (Å²) in [5.74, 6) is 0.417. The number of methoxy groups -OCH3 is 1. The van der Waals surface area contributed by atoms with Gasteiger partial charge in [0.25, 0.3) is 0 Å². The van der Waals surface area contributed by atoms with Crippen LogP contribution in [-0.2, 0) is 10.0 Å². The predicted molar refractivity (Wildman–Crippen MR) is 111 cm³/mol. The fourth-order valence-corrected chi connectivity index (χ4v) is 4.23. The Kier molecular flexibility index (Phi) is 5.43. The van der Waals surface area contributed by atoms with Crippen molar-refractivity contribution in [1.82, 2.24) is 24.2 Å². The number of aromatic nitrogens is 4. The number of rotatable bonds is 6. The van der Waals surface area contributed by atoms with E-state index >= 15 is 0 Å². The number of nitrogens with one attached hydrogen (secondary N) is 1. The number of fused-ring (bicyclic) bond motifs is 1. The third-order valence-corrected chi connectivity index (χ3v) is 6.39. The molecular formula is C20H15F3N6O3S. The molecule has 0 saturated heterocycles. The van der Waals surface area contributed by atoms with Crippen molar-refractivity contribution in [3.05, 3.63) is 48.4 Å². The smallest absolute Gasteiger partial charge is 0.404 e. The molecular weight excluding hydrogens is 461 g/mol. The summed E-state index contributed by atoms with van der Waals surface area (Å²) in [7, 11) is -3.07. The van der Waals surface area contributed by atoms with Crippen LogP contribution in [0.25, 0.3) is 28.2 Å². The lowest BCUT2D eigenvalue weighted by molar-refractivity contribution is -0.147. The topological polar surface area (TPSA) is 123 Å². The van der Waals surface area contributed by atoms with E-state index in [4.69, 9.17) is 4.74 Å². The molecule has 1 atom stereocenters. The highest BCUT2D eigenvalue weighted by atomic mass is 32.2. The first kappa shape index (κ1) is 22.4. The number of nitriles is 1. The van der Waals surface area contributed by atoms with Crippen LogP contribution in [0.1, 0.15) is 12.5 Å². The normalized spacial score (nSPS) is 14.5. The van der Waals surface area contributed by atoms with Crippen LogP contribution in [0, 0.1) is 11.3 Å². The molecule has 13 heteroatoms. The Hall–Kier alpha value is -3.76. The largest absolute Gasteiger partial charge is 0.495 e. The summed E-state index contributed by atoms with van der Waals surface area (Å²) in [6.45, 7) is 0.686. The molecule has 0 saturated carbocycles. The minimum atomic E-state index is -4.76. The minimum Gasteiger partial charge on any atom is -0.495 e. The zero-order valence-corrected chi connectivity index (χ0v) is 17.9. The molecule has 3 heterocycles. The standard InChI is InChI=1S/C20H15F3N6O3S/c1-11(20(21,22)23)28-33(30,31)14-9-25-18(26-10-14)17-16(7-24)15-6-13(32-2)8-27-19(15)29(17)12-4-3-5-12/h3-6,8-11,28H,1-2H3/t11-/m0/s1. The quantitative estimate of drug-likeness (QED) is 0.580. The molecule has 0 bridgehead atoms. The third-order valence-electron chi connectivity index (χ3n) is 4.90. The van der Waals surface area contributed by atoms with Gasteiger partial charge in [0.15, 0.2) is 5.82 Å². The highest BCUT2D eigenvalue weighted by molar-refractivity contribution is 7.89. The number of nitrogens with zero attached hydrogens (tertiary/aromatic N) is 5. The molecule has 0 spiro atoms. The van der Waals surface area contributed by atoms with E-state index in [1.807, 2.05) is 0 Å². The molecule has 4 rings (SSSR count). The number of allylic oxidation sites excluding steroid dienone is 4. The maximum atomic E-state index is 12.8. The molecule has 1 N–H and O–H groups in total. The van der Waals surface area contributed by atoms with Crippen LogP contribution in [0.15, 0.2) is 47.8 Å². The van der Waals surface area contributed by atoms with Crippen molar-refractivity contribution in [1.29, 1.82) is 5.26 Å². The molecule has 9 nitrogen and oxygen atoms in total. The zero-order chi connectivity index (χ0) is 24.0. The van der Waals surface area contributed by atoms with Crippen molar-refractivity contribution in [2.24, 2.45) is 0 Å². The summed E-state index contributed by atoms with van der Waals surface area (Å²) in [5, 5.41) is 10.3. The van der Waals surface area contributed by atoms with Gasteiger partial charge >= 0.3 is 6.18 Å². The van der Waals surface area contributed by atoms with Crippen molar-refractivity contribution in [2.45, 2.75) is 24.0 Å². The van der Waals surface area contributed by atoms with Crippen LogP contribution in [-0.4, -0.2) is 47.3 Å². The molecule has 0 aliphatic heterocycles. The number of pyridine rings is 1. The van der Waals surface area contributed by atoms with Gasteiger partial charge in [0.1, 0.15) is 34.1 Å². The van der Waals surface area contributed by atoms with Gasteiger partial charge in [0.05, 0.1) is 31.3 Å². The molecule has 3 aromatic rings. The van der Waals surface area contributed by atoms with E-state index in [1.165, 1.54) is 13.3 Å². The fourth-order valence-electron chi connectivity index (χ4n) is 3.11. The number of halogens is 3. The van der Waals surface area contributed by atoms with Crippen LogP contribution in [0.4, 0.5) is 13.2 Å². The molecule has 0 aromatic carbocycles. The Balaban J connectivity index is 1.82. The Morgan fingerprint density at radius 2 is 1.88 bits per heavy atom. The average Bonchev–Trinajstić information content (AvgIpc) is 3.04. The van der Waals surface area contributed by atoms with E-state index in [1.54, 1.807) is 33.6 Å². The second-order valence-corrected chi connectivity index (χ2v) is 8.71. The van der Waals surface area contributed by atoms with Crippen molar-refractivity contribution < 1.29 is 26.3 Å². The molecule has 0 amide bonds. The Morgan fingerprint density at radius 1 is 1.21 bits per heavy atom. The van der Waals surface area contributed by atoms with Gasteiger partial charge in [0, 0.05) is 11.1 Å². The fraction of sp³-hybridized carbons (Fsp3) is 0.200. The second-order valence-electron chi connectivity index (χ2n) is 6.99. The Bertz CT molecular complexity index is 1450. The van der Waals surface area contributed by atoms with E-state index in [-0.39, 0.29) is 17.1 Å². The minimum absolute atomic E-state index is 0.00691. The molecule has 0 radical (unpaired) electrons. The third kappa shape index (κ3) is 3.94. The Morgan fingerprint density at radius 3 is 2.39 bits per heavy atom. The number of sulfonamides is 1. The lowest BCUT2D eigenvalue weighted by Gasteiger charge is -2.17. The van der Waals surface area contributed by atoms with Gasteiger partial charge in [-0.25, -0.2) is 23.4 Å². The Labute approximate surface area is 185 Å². The van der Waals surface area contributed by atoms with E-state index < -0.39 is 27.1 Å². The monoisotopic (exact) mass is 476 g/mol. The molecule has 0 fully saturated rings. The van der Waals surface area contributed by atoms with E-state index in [2.05, 4.69) is 21.0 Å². The van der Waals surface area contributed by atoms with Crippen LogP contribution in [0.5, 0.6) is 5.75 Å². The van der Waals surface area contributed by atoms with Gasteiger partial charge in [-0.2, -0.15) is 23.2 Å². The lowest BCUT2D eigenvalue weighted by atomic mass is 10.1. The molecule has 0 unspecified atom stereocenters. The van der Waals surface area contributed by atoms with Crippen LogP contribution >= 0.6 is 0 Å². The van der Waals surface area contributed by atoms with E-state index in [0.29, 0.717) is 29.4 Å². The van der Waals surface area contributed by atoms with Crippen LogP contribution in [0.2, 0.25) is 0 Å². The van der Waals surface area contributed by atoms with E-state index in [0.717, 1.165) is 12.4 Å². The summed E-state index contributed by atoms with van der Waals surface area (Å²) in [6.07, 6.45) is 3.83. The van der Waals surface area contributed by atoms with Gasteiger partial charge < -0.3 is 4.74 Å². The molecule has 1 aliphatic rings. The molecule has 170 valence electrons. The first-order valence-electron chi connectivity index (χ1n) is 9.35. The van der Waals surface area contributed by atoms with Crippen molar-refractivity contribution in [3.63, 3.8) is 0 Å². The lowest BCUT2D eigenvalue weighted by Crippen LogP contribution is -2.43. The summed E-state index contributed by atoms with van der Waals surface area (Å²) < 4.78 is 71.3. The first-order chi connectivity index (χ1) is 15.6. The summed E-state index contributed by atoms with van der Waals surface area (Å²) in [4.78, 5) is 11.9. The van der Waals surface area contributed by atoms with Gasteiger partial charge in [-0.15, -0.1) is 0 Å². The number of alkyl halides is 3. The van der Waals surface area contributed by atoms with Crippen LogP contribution < -0.4 is 9.46 Å². The summed E-state index contributed by atoms with van der Waals surface area (Å²) >= 11 is 0. The van der Waals surface area contributed by atoms with E-state index in [9.17, 15) is 26.9 Å². The summed E-state index contributed by atoms with van der Waals surface area (Å²) in [6, 6.07) is 1.43. The van der Waals surface area contributed by atoms with Gasteiger partial charge in [-0.3, -0.25) is 4.57 Å². The number of hydrogen-bond acceptors (Lipinski definition) is 7. The first-order valence-corrected chi connectivity index (χ1v) is 10.8. The van der Waals surface area contributed by atoms with Crippen molar-refractivity contribution >= 4 is 26.8 Å². The molecule has 3 aromatic heterocycles. The van der Waals surface area contributed by atoms with Crippen LogP contribution in [0.3, 0.4) is 0 Å². The maximum Gasteiger partial charge on any atom is 0.404 e. The highest BCUT2D eigenvalue weighted by Gasteiger charge is 2.39. The average molecular weight is 476 g/mol. The van der Waals surface area contributed by atoms with Crippen molar-refractivity contribution in [3.8, 4) is 23.3 Å². The zero-order valence-electron chi connectivity index (χ0n) is 17.1. The predicted octanol–water partition coefficient (Wildman–Crippen LogP) is 3.01. The highest BCUT2D eigenvalue weighted by Crippen LogP contribution is 2.36. The van der Waals surface area contributed by atoms with Gasteiger partial charge in [-0.05, 0) is 25.1 Å². The van der Waals surface area contributed by atoms with Crippen molar-refractivity contribution in [2.75, 3.05) is 7.11 Å². The number of ether oxygens (including phenoxy) is 1. The molecule has 1 aliphatic carbocycles. The molecule has 33 heavy (non-hydrogen) atoms. The maximum absolute atomic E-state index is 12.8. The van der Waals surface area contributed by atoms with Gasteiger partial charge in [-0.1, -0.05) is 6.08 Å². The SMILES string of the molecule is COc1cnc2c(c1)c(C#N)c(-c1ncc(S(=O)(=O)N[C@@H](C)C(F)(F)F)cn1)n2C1=CC=C1. The summed E-state index contributed by atoms with van der Waals surface area (Å²) in [5.41, 5.74) is 1.55. The number of hydrogen-bond donors (Lipinski definition) is 1.